The molecule has 0 saturated heterocycles. The van der Waals surface area contributed by atoms with E-state index in [1.54, 1.807) is 12.5 Å². The second-order valence-electron chi connectivity index (χ2n) is 4.80. The molecule has 0 aliphatic carbocycles. The molecule has 0 spiro atoms. The van der Waals surface area contributed by atoms with Gasteiger partial charge in [-0.2, -0.15) is 0 Å². The van der Waals surface area contributed by atoms with Gasteiger partial charge < -0.3 is 27.9 Å². The molecule has 2 heterocycles. The quantitative estimate of drug-likeness (QED) is 0.691. The summed E-state index contributed by atoms with van der Waals surface area (Å²) in [6, 6.07) is 0. The van der Waals surface area contributed by atoms with Crippen molar-refractivity contribution in [2.24, 2.45) is 0 Å². The fraction of sp³-hybridized carbons (Fsp3) is 0.667. The lowest BCUT2D eigenvalue weighted by Gasteiger charge is -2.23. The lowest BCUT2D eigenvalue weighted by molar-refractivity contribution is 0.0451. The van der Waals surface area contributed by atoms with Gasteiger partial charge in [0.1, 0.15) is 0 Å². The summed E-state index contributed by atoms with van der Waals surface area (Å²) in [5.41, 5.74) is 0. The van der Waals surface area contributed by atoms with Gasteiger partial charge in [-0.05, 0) is 39.3 Å². The van der Waals surface area contributed by atoms with Crippen LogP contribution < -0.4 is 0 Å². The standard InChI is InChI=1S/C12H20B2O6/c1-10-4-7-15-13(18-10)16-8-5-11(2)19-14-17-9-6-12(3)20-14/h4,6-7,9-12H,5,8H2,1-3H3. The van der Waals surface area contributed by atoms with Crippen LogP contribution in [-0.4, -0.2) is 39.6 Å². The summed E-state index contributed by atoms with van der Waals surface area (Å²) in [5.74, 6) is 0. The lowest BCUT2D eigenvalue weighted by atomic mass is 10.1. The molecule has 110 valence electrons. The zero-order chi connectivity index (χ0) is 14.4. The maximum Gasteiger partial charge on any atom is 0.713 e. The van der Waals surface area contributed by atoms with Gasteiger partial charge in [0.05, 0.1) is 24.7 Å². The van der Waals surface area contributed by atoms with Crippen LogP contribution in [0.4, 0.5) is 0 Å². The predicted molar refractivity (Wildman–Crippen MR) is 74.2 cm³/mol. The maximum atomic E-state index is 5.60. The molecule has 0 aromatic carbocycles. The Kier molecular flexibility index (Phi) is 5.97. The molecule has 0 fully saturated rings. The van der Waals surface area contributed by atoms with Crippen molar-refractivity contribution < 1.29 is 27.9 Å². The first-order valence-electron chi connectivity index (χ1n) is 6.86. The van der Waals surface area contributed by atoms with Crippen molar-refractivity contribution in [2.45, 2.75) is 45.5 Å². The SMILES string of the molecule is CC1C=COB(OCCC(C)OB2OC=CC(C)O2)O1. The molecule has 2 aliphatic rings. The second-order valence-corrected chi connectivity index (χ2v) is 4.80. The summed E-state index contributed by atoms with van der Waals surface area (Å²) in [5, 5.41) is 0. The summed E-state index contributed by atoms with van der Waals surface area (Å²) in [6.45, 7) is 6.25. The van der Waals surface area contributed by atoms with Crippen LogP contribution in [-0.2, 0) is 27.9 Å². The Morgan fingerprint density at radius 1 is 1.05 bits per heavy atom. The van der Waals surface area contributed by atoms with Gasteiger partial charge in [-0.3, -0.25) is 0 Å². The summed E-state index contributed by atoms with van der Waals surface area (Å²) < 4.78 is 32.3. The van der Waals surface area contributed by atoms with E-state index in [4.69, 9.17) is 27.9 Å². The molecule has 3 atom stereocenters. The van der Waals surface area contributed by atoms with Crippen molar-refractivity contribution in [2.75, 3.05) is 6.61 Å². The first kappa shape index (κ1) is 15.4. The normalized spacial score (nSPS) is 27.1. The third-order valence-corrected chi connectivity index (χ3v) is 2.85. The molecule has 0 saturated carbocycles. The van der Waals surface area contributed by atoms with Crippen LogP contribution in [0, 0.1) is 0 Å². The van der Waals surface area contributed by atoms with E-state index < -0.39 is 14.6 Å². The Labute approximate surface area is 120 Å². The Bertz CT molecular complexity index is 351. The third kappa shape index (κ3) is 5.20. The number of rotatable bonds is 6. The highest BCUT2D eigenvalue weighted by atomic mass is 16.7. The average molecular weight is 282 g/mol. The van der Waals surface area contributed by atoms with Crippen LogP contribution in [0.25, 0.3) is 0 Å². The Morgan fingerprint density at radius 3 is 2.30 bits per heavy atom. The van der Waals surface area contributed by atoms with Gasteiger partial charge in [-0.25, -0.2) is 0 Å². The van der Waals surface area contributed by atoms with Gasteiger partial charge in [0.15, 0.2) is 0 Å². The van der Waals surface area contributed by atoms with Crippen LogP contribution in [0.2, 0.25) is 0 Å². The first-order valence-corrected chi connectivity index (χ1v) is 6.86. The lowest BCUT2D eigenvalue weighted by Crippen LogP contribution is -2.36. The molecule has 8 heteroatoms. The smallest absolute Gasteiger partial charge is 0.518 e. The molecule has 0 aromatic heterocycles. The van der Waals surface area contributed by atoms with Gasteiger partial charge in [-0.1, -0.05) is 0 Å². The molecule has 3 unspecified atom stereocenters. The largest absolute Gasteiger partial charge is 0.713 e. The topological polar surface area (TPSA) is 55.4 Å². The Morgan fingerprint density at radius 2 is 1.65 bits per heavy atom. The van der Waals surface area contributed by atoms with E-state index in [2.05, 4.69) is 0 Å². The zero-order valence-electron chi connectivity index (χ0n) is 12.1. The molecular formula is C12H20B2O6. The number of hydrogen-bond acceptors (Lipinski definition) is 6. The molecule has 0 aromatic rings. The second kappa shape index (κ2) is 7.73. The summed E-state index contributed by atoms with van der Waals surface area (Å²) in [6.07, 6.45) is 7.45. The van der Waals surface area contributed by atoms with Gasteiger partial charge in [-0.15, -0.1) is 0 Å². The van der Waals surface area contributed by atoms with E-state index in [1.165, 1.54) is 0 Å². The summed E-state index contributed by atoms with van der Waals surface area (Å²) in [4.78, 5) is 0. The van der Waals surface area contributed by atoms with Crippen LogP contribution in [0.3, 0.4) is 0 Å². The molecule has 0 N–H and O–H groups in total. The van der Waals surface area contributed by atoms with Crippen molar-refractivity contribution in [3.8, 4) is 0 Å². The fourth-order valence-electron chi connectivity index (χ4n) is 1.68. The Hall–Kier alpha value is -0.950. The van der Waals surface area contributed by atoms with E-state index in [0.717, 1.165) is 0 Å². The highest BCUT2D eigenvalue weighted by molar-refractivity contribution is 6.37. The third-order valence-electron chi connectivity index (χ3n) is 2.85. The first-order chi connectivity index (χ1) is 9.63. The van der Waals surface area contributed by atoms with E-state index in [0.29, 0.717) is 13.0 Å². The van der Waals surface area contributed by atoms with Gasteiger partial charge in [0, 0.05) is 12.7 Å². The maximum absolute atomic E-state index is 5.60. The minimum atomic E-state index is -0.657. The van der Waals surface area contributed by atoms with Crippen molar-refractivity contribution in [3.63, 3.8) is 0 Å². The van der Waals surface area contributed by atoms with E-state index in [1.807, 2.05) is 32.9 Å². The van der Waals surface area contributed by atoms with E-state index >= 15 is 0 Å². The van der Waals surface area contributed by atoms with Crippen molar-refractivity contribution in [1.29, 1.82) is 0 Å². The van der Waals surface area contributed by atoms with Crippen LogP contribution in [0.15, 0.2) is 24.7 Å². The molecule has 6 nitrogen and oxygen atoms in total. The minimum Gasteiger partial charge on any atom is -0.518 e. The fourth-order valence-corrected chi connectivity index (χ4v) is 1.68. The molecule has 0 bridgehead atoms. The van der Waals surface area contributed by atoms with Crippen LogP contribution in [0.1, 0.15) is 27.2 Å². The highest BCUT2D eigenvalue weighted by Crippen LogP contribution is 2.12. The molecule has 20 heavy (non-hydrogen) atoms. The van der Waals surface area contributed by atoms with Crippen molar-refractivity contribution >= 4 is 14.6 Å². The zero-order valence-corrected chi connectivity index (χ0v) is 12.1. The summed E-state index contributed by atoms with van der Waals surface area (Å²) >= 11 is 0. The van der Waals surface area contributed by atoms with Gasteiger partial charge in [0.2, 0.25) is 0 Å². The number of hydrogen-bond donors (Lipinski definition) is 0. The molecule has 0 radical (unpaired) electrons. The highest BCUT2D eigenvalue weighted by Gasteiger charge is 2.31. The van der Waals surface area contributed by atoms with Crippen LogP contribution in [0.5, 0.6) is 0 Å². The molecule has 0 amide bonds. The van der Waals surface area contributed by atoms with Crippen molar-refractivity contribution in [1.82, 2.24) is 0 Å². The predicted octanol–water partition coefficient (Wildman–Crippen LogP) is 1.67. The van der Waals surface area contributed by atoms with Crippen LogP contribution >= 0.6 is 0 Å². The van der Waals surface area contributed by atoms with Gasteiger partial charge >= 0.3 is 14.6 Å². The van der Waals surface area contributed by atoms with E-state index in [9.17, 15) is 0 Å². The Balaban J connectivity index is 1.59. The van der Waals surface area contributed by atoms with E-state index in [-0.39, 0.29) is 18.3 Å². The summed E-state index contributed by atoms with van der Waals surface area (Å²) in [7, 11) is -1.30. The molecule has 2 rings (SSSR count). The van der Waals surface area contributed by atoms with Crippen molar-refractivity contribution in [3.05, 3.63) is 24.7 Å². The average Bonchev–Trinajstić information content (AvgIpc) is 2.38. The molecule has 2 aliphatic heterocycles. The molecular weight excluding hydrogens is 262 g/mol. The minimum absolute atomic E-state index is 0.000243. The van der Waals surface area contributed by atoms with Gasteiger partial charge in [0.25, 0.3) is 0 Å². The monoisotopic (exact) mass is 282 g/mol.